The smallest absolute Gasteiger partial charge is 0.353 e. The fourth-order valence-electron chi connectivity index (χ4n) is 4.16. The summed E-state index contributed by atoms with van der Waals surface area (Å²) in [4.78, 5) is 32.3. The molecule has 2 saturated carbocycles. The standard InChI is InChI=1S/C20H22ClF3N4O3/c21-12-5-6-15-16(7-12)27-19(26-15)28-18(30)11-3-1-10(2-4-11)17(29)25-13-8-14(9-13)31-20(22,23)24/h5-7,10-11,13-14H,1-4,8-9H2,(H,25,29)(H2,26,27,28,30)/t10-,11-,13-,14+. The molecule has 0 bridgehead atoms. The Morgan fingerprint density at radius 1 is 1.10 bits per heavy atom. The van der Waals surface area contributed by atoms with E-state index in [0.717, 1.165) is 5.52 Å². The largest absolute Gasteiger partial charge is 0.522 e. The summed E-state index contributed by atoms with van der Waals surface area (Å²) in [7, 11) is 0. The topological polar surface area (TPSA) is 96.1 Å². The monoisotopic (exact) mass is 458 g/mol. The first-order valence-corrected chi connectivity index (χ1v) is 10.5. The molecular formula is C20H22ClF3N4O3. The summed E-state index contributed by atoms with van der Waals surface area (Å²) in [5, 5.41) is 6.13. The number of imidazole rings is 1. The van der Waals surface area contributed by atoms with Crippen LogP contribution in [0, 0.1) is 11.8 Å². The SMILES string of the molecule is O=C(Nc1nc2cc(Cl)ccc2[nH]1)[C@H]1CC[C@H](C(=O)N[C@H]2C[C@@H](OC(F)(F)F)C2)CC1. The van der Waals surface area contributed by atoms with Crippen molar-refractivity contribution >= 4 is 40.4 Å². The van der Waals surface area contributed by atoms with E-state index in [4.69, 9.17) is 11.6 Å². The van der Waals surface area contributed by atoms with Crippen molar-refractivity contribution in [1.29, 1.82) is 0 Å². The molecule has 3 N–H and O–H groups in total. The molecule has 2 aliphatic rings. The molecule has 2 aliphatic carbocycles. The lowest BCUT2D eigenvalue weighted by atomic mass is 9.80. The quantitative estimate of drug-likeness (QED) is 0.627. The Morgan fingerprint density at radius 3 is 2.39 bits per heavy atom. The first kappa shape index (κ1) is 21.9. The molecule has 0 aliphatic heterocycles. The number of halogens is 4. The highest BCUT2D eigenvalue weighted by Gasteiger charge is 2.41. The fourth-order valence-corrected chi connectivity index (χ4v) is 4.33. The van der Waals surface area contributed by atoms with E-state index in [1.54, 1.807) is 18.2 Å². The van der Waals surface area contributed by atoms with Crippen molar-refractivity contribution in [2.45, 2.75) is 57.0 Å². The lowest BCUT2D eigenvalue weighted by Gasteiger charge is -2.37. The van der Waals surface area contributed by atoms with E-state index in [9.17, 15) is 22.8 Å². The minimum absolute atomic E-state index is 0.157. The van der Waals surface area contributed by atoms with Gasteiger partial charge in [0.2, 0.25) is 17.8 Å². The molecule has 0 radical (unpaired) electrons. The van der Waals surface area contributed by atoms with Crippen molar-refractivity contribution in [2.75, 3.05) is 5.32 Å². The summed E-state index contributed by atoms with van der Waals surface area (Å²) in [6.45, 7) is 0. The van der Waals surface area contributed by atoms with Gasteiger partial charge < -0.3 is 10.3 Å². The molecule has 11 heteroatoms. The van der Waals surface area contributed by atoms with Crippen molar-refractivity contribution < 1.29 is 27.5 Å². The van der Waals surface area contributed by atoms with Crippen LogP contribution in [0.5, 0.6) is 0 Å². The zero-order valence-corrected chi connectivity index (χ0v) is 17.2. The highest BCUT2D eigenvalue weighted by atomic mass is 35.5. The zero-order valence-electron chi connectivity index (χ0n) is 16.5. The number of ether oxygens (including phenoxy) is 1. The van der Waals surface area contributed by atoms with Gasteiger partial charge in [0.1, 0.15) is 0 Å². The number of aromatic amines is 1. The molecule has 168 valence electrons. The predicted molar refractivity (Wildman–Crippen MR) is 107 cm³/mol. The second-order valence-electron chi connectivity index (χ2n) is 8.15. The summed E-state index contributed by atoms with van der Waals surface area (Å²) >= 11 is 5.95. The van der Waals surface area contributed by atoms with Crippen molar-refractivity contribution in [1.82, 2.24) is 15.3 Å². The lowest BCUT2D eigenvalue weighted by Crippen LogP contribution is -2.51. The van der Waals surface area contributed by atoms with Crippen molar-refractivity contribution in [3.63, 3.8) is 0 Å². The zero-order chi connectivity index (χ0) is 22.2. The van der Waals surface area contributed by atoms with Crippen molar-refractivity contribution in [3.8, 4) is 0 Å². The van der Waals surface area contributed by atoms with E-state index in [-0.39, 0.29) is 42.5 Å². The highest BCUT2D eigenvalue weighted by Crippen LogP contribution is 2.33. The number of aromatic nitrogens is 2. The van der Waals surface area contributed by atoms with E-state index in [1.165, 1.54) is 0 Å². The van der Waals surface area contributed by atoms with E-state index in [1.807, 2.05) is 0 Å². The number of carbonyl (C=O) groups excluding carboxylic acids is 2. The van der Waals surface area contributed by atoms with Crippen LogP contribution in [0.2, 0.25) is 5.02 Å². The fraction of sp³-hybridized carbons (Fsp3) is 0.550. The third kappa shape index (κ3) is 5.48. The Balaban J connectivity index is 1.21. The maximum atomic E-state index is 12.6. The van der Waals surface area contributed by atoms with Crippen LogP contribution in [0.15, 0.2) is 18.2 Å². The molecule has 7 nitrogen and oxygen atoms in total. The predicted octanol–water partition coefficient (Wildman–Crippen LogP) is 4.14. The molecule has 31 heavy (non-hydrogen) atoms. The lowest BCUT2D eigenvalue weighted by molar-refractivity contribution is -0.351. The summed E-state index contributed by atoms with van der Waals surface area (Å²) in [6, 6.07) is 4.92. The number of fused-ring (bicyclic) bond motifs is 1. The maximum absolute atomic E-state index is 12.6. The first-order chi connectivity index (χ1) is 14.7. The number of benzene rings is 1. The van der Waals surface area contributed by atoms with Gasteiger partial charge in [-0.3, -0.25) is 19.6 Å². The van der Waals surface area contributed by atoms with Crippen LogP contribution < -0.4 is 10.6 Å². The minimum atomic E-state index is -4.64. The van der Waals surface area contributed by atoms with E-state index < -0.39 is 12.5 Å². The Hall–Kier alpha value is -2.33. The molecule has 0 unspecified atom stereocenters. The second kappa shape index (κ2) is 8.66. The van der Waals surface area contributed by atoms with Gasteiger partial charge in [-0.25, -0.2) is 4.98 Å². The molecule has 1 aromatic heterocycles. The second-order valence-corrected chi connectivity index (χ2v) is 8.58. The molecule has 1 aromatic carbocycles. The molecule has 1 heterocycles. The summed E-state index contributed by atoms with van der Waals surface area (Å²) in [6.07, 6.45) is -3.00. The van der Waals surface area contributed by atoms with Gasteiger partial charge in [-0.05, 0) is 56.7 Å². The maximum Gasteiger partial charge on any atom is 0.522 e. The minimum Gasteiger partial charge on any atom is -0.353 e. The van der Waals surface area contributed by atoms with Crippen LogP contribution in [0.4, 0.5) is 19.1 Å². The number of amides is 2. The number of nitrogens with zero attached hydrogens (tertiary/aromatic N) is 1. The number of hydrogen-bond donors (Lipinski definition) is 3. The van der Waals surface area contributed by atoms with Gasteiger partial charge in [0.25, 0.3) is 0 Å². The van der Waals surface area contributed by atoms with Crippen molar-refractivity contribution in [3.05, 3.63) is 23.2 Å². The Labute approximate surface area is 181 Å². The van der Waals surface area contributed by atoms with Crippen molar-refractivity contribution in [2.24, 2.45) is 11.8 Å². The number of alkyl halides is 3. The van der Waals surface area contributed by atoms with E-state index in [2.05, 4.69) is 25.3 Å². The number of carbonyl (C=O) groups is 2. The Kier molecular flexibility index (Phi) is 6.11. The Morgan fingerprint density at radius 2 is 1.74 bits per heavy atom. The van der Waals surface area contributed by atoms with Crippen LogP contribution in [-0.4, -0.2) is 40.3 Å². The van der Waals surface area contributed by atoms with E-state index in [0.29, 0.717) is 42.2 Å². The summed E-state index contributed by atoms with van der Waals surface area (Å²) < 4.78 is 40.4. The molecule has 2 aromatic rings. The number of H-pyrrole nitrogens is 1. The Bertz CT molecular complexity index is 966. The molecule has 0 atom stereocenters. The van der Waals surface area contributed by atoms with Gasteiger partial charge >= 0.3 is 6.36 Å². The van der Waals surface area contributed by atoms with Gasteiger partial charge in [0.05, 0.1) is 17.1 Å². The van der Waals surface area contributed by atoms with Crippen LogP contribution in [0.3, 0.4) is 0 Å². The van der Waals surface area contributed by atoms with Crippen LogP contribution in [0.25, 0.3) is 11.0 Å². The number of anilines is 1. The van der Waals surface area contributed by atoms with Crippen LogP contribution >= 0.6 is 11.6 Å². The summed E-state index contributed by atoms with van der Waals surface area (Å²) in [5.41, 5.74) is 1.42. The molecule has 4 rings (SSSR count). The average Bonchev–Trinajstić information content (AvgIpc) is 3.06. The highest BCUT2D eigenvalue weighted by molar-refractivity contribution is 6.31. The molecule has 0 saturated heterocycles. The van der Waals surface area contributed by atoms with Gasteiger partial charge in [-0.2, -0.15) is 0 Å². The average molecular weight is 459 g/mol. The number of rotatable bonds is 5. The van der Waals surface area contributed by atoms with Crippen LogP contribution in [0.1, 0.15) is 38.5 Å². The van der Waals surface area contributed by atoms with Gasteiger partial charge in [0.15, 0.2) is 0 Å². The molecule has 2 amide bonds. The van der Waals surface area contributed by atoms with Gasteiger partial charge in [-0.15, -0.1) is 13.2 Å². The molecule has 0 spiro atoms. The molecular weight excluding hydrogens is 437 g/mol. The van der Waals surface area contributed by atoms with Crippen LogP contribution in [-0.2, 0) is 14.3 Å². The normalized spacial score (nSPS) is 26.3. The van der Waals surface area contributed by atoms with Gasteiger partial charge in [0, 0.05) is 22.9 Å². The number of nitrogens with one attached hydrogen (secondary N) is 3. The third-order valence-electron chi connectivity index (χ3n) is 5.90. The number of hydrogen-bond acceptors (Lipinski definition) is 4. The van der Waals surface area contributed by atoms with E-state index >= 15 is 0 Å². The van der Waals surface area contributed by atoms with Gasteiger partial charge in [-0.1, -0.05) is 11.6 Å². The first-order valence-electron chi connectivity index (χ1n) is 10.2. The summed E-state index contributed by atoms with van der Waals surface area (Å²) in [5.74, 6) is -0.435. The molecule has 2 fully saturated rings. The third-order valence-corrected chi connectivity index (χ3v) is 6.13.